The van der Waals surface area contributed by atoms with E-state index in [0.717, 1.165) is 12.8 Å². The second-order valence-electron chi connectivity index (χ2n) is 4.71. The fourth-order valence-electron chi connectivity index (χ4n) is 2.78. The Hall–Kier alpha value is -1.32. The van der Waals surface area contributed by atoms with Crippen LogP contribution < -0.4 is 0 Å². The molecule has 1 N–H and O–H groups in total. The molecule has 4 heteroatoms. The number of carbonyl (C=O) groups excluding carboxylic acids is 1. The third-order valence-corrected chi connectivity index (χ3v) is 3.46. The molecule has 2 aliphatic rings. The average molecular weight is 209 g/mol. The normalized spacial score (nSPS) is 27.9. The summed E-state index contributed by atoms with van der Waals surface area (Å²) in [7, 11) is 0. The van der Waals surface area contributed by atoms with Gasteiger partial charge in [-0.3, -0.25) is 4.79 Å². The van der Waals surface area contributed by atoms with Crippen LogP contribution in [0.4, 0.5) is 4.79 Å². The highest BCUT2D eigenvalue weighted by atomic mass is 16.4. The molecule has 1 unspecified atom stereocenters. The molecular weight excluding hydrogens is 194 g/mol. The summed E-state index contributed by atoms with van der Waals surface area (Å²) in [5.74, 6) is 0.360. The molecule has 1 amide bonds. The quantitative estimate of drug-likeness (QED) is 0.701. The van der Waals surface area contributed by atoms with E-state index in [4.69, 9.17) is 5.11 Å². The van der Waals surface area contributed by atoms with E-state index in [1.54, 1.807) is 6.08 Å². The maximum atomic E-state index is 11.6. The minimum absolute atomic E-state index is 0.0385. The summed E-state index contributed by atoms with van der Waals surface area (Å²) in [5.41, 5.74) is -0.0385. The van der Waals surface area contributed by atoms with Crippen molar-refractivity contribution in [2.45, 2.75) is 19.3 Å². The van der Waals surface area contributed by atoms with Crippen molar-refractivity contribution in [2.75, 3.05) is 13.1 Å². The van der Waals surface area contributed by atoms with Gasteiger partial charge < -0.3 is 10.0 Å². The molecule has 4 nitrogen and oxygen atoms in total. The van der Waals surface area contributed by atoms with Crippen LogP contribution in [-0.4, -0.2) is 35.0 Å². The number of amides is 1. The van der Waals surface area contributed by atoms with Gasteiger partial charge in [0.25, 0.3) is 0 Å². The predicted octanol–water partition coefficient (Wildman–Crippen LogP) is 1.52. The smallest absolute Gasteiger partial charge is 0.407 e. The highest BCUT2D eigenvalue weighted by Crippen LogP contribution is 2.47. The lowest BCUT2D eigenvalue weighted by Gasteiger charge is -2.46. The molecule has 1 saturated heterocycles. The van der Waals surface area contributed by atoms with E-state index in [1.165, 1.54) is 4.90 Å². The number of nitrogens with zero attached hydrogens (tertiary/aromatic N) is 1. The first kappa shape index (κ1) is 10.2. The highest BCUT2D eigenvalue weighted by molar-refractivity contribution is 5.85. The Morgan fingerprint density at radius 1 is 1.67 bits per heavy atom. The molecule has 0 aromatic carbocycles. The lowest BCUT2D eigenvalue weighted by atomic mass is 9.77. The first-order valence-electron chi connectivity index (χ1n) is 5.18. The second kappa shape index (κ2) is 3.36. The maximum absolute atomic E-state index is 11.6. The van der Waals surface area contributed by atoms with Gasteiger partial charge in [-0.1, -0.05) is 6.08 Å². The molecule has 1 atom stereocenters. The van der Waals surface area contributed by atoms with Crippen LogP contribution >= 0.6 is 0 Å². The van der Waals surface area contributed by atoms with Crippen LogP contribution in [0.3, 0.4) is 0 Å². The van der Waals surface area contributed by atoms with Crippen molar-refractivity contribution in [2.24, 2.45) is 11.3 Å². The largest absolute Gasteiger partial charge is 0.465 e. The Morgan fingerprint density at radius 2 is 2.33 bits per heavy atom. The Bertz CT molecular complexity index is 318. The molecular formula is C11H15NO3. The topological polar surface area (TPSA) is 57.6 Å². The van der Waals surface area contributed by atoms with Gasteiger partial charge in [-0.25, -0.2) is 4.79 Å². The summed E-state index contributed by atoms with van der Waals surface area (Å²) in [5, 5.41) is 8.74. The van der Waals surface area contributed by atoms with E-state index in [-0.39, 0.29) is 17.1 Å². The third-order valence-electron chi connectivity index (χ3n) is 3.46. The van der Waals surface area contributed by atoms with E-state index >= 15 is 0 Å². The van der Waals surface area contributed by atoms with E-state index in [9.17, 15) is 9.59 Å². The molecule has 15 heavy (non-hydrogen) atoms. The Morgan fingerprint density at radius 3 is 2.87 bits per heavy atom. The molecule has 0 bridgehead atoms. The summed E-state index contributed by atoms with van der Waals surface area (Å²) >= 11 is 0. The lowest BCUT2D eigenvalue weighted by Crippen LogP contribution is -2.57. The number of carboxylic acid groups (broad SMARTS) is 1. The maximum Gasteiger partial charge on any atom is 0.407 e. The van der Waals surface area contributed by atoms with Crippen LogP contribution in [0.1, 0.15) is 19.3 Å². The van der Waals surface area contributed by atoms with Gasteiger partial charge in [0, 0.05) is 30.8 Å². The van der Waals surface area contributed by atoms with Crippen LogP contribution in [0.25, 0.3) is 0 Å². The van der Waals surface area contributed by atoms with Crippen LogP contribution in [-0.2, 0) is 4.79 Å². The van der Waals surface area contributed by atoms with Crippen molar-refractivity contribution in [3.8, 4) is 0 Å². The van der Waals surface area contributed by atoms with Crippen molar-refractivity contribution >= 4 is 11.9 Å². The first-order valence-corrected chi connectivity index (χ1v) is 5.18. The number of Topliss-reactive ketones (excluding diaryl/α,β-unsaturated/α-hetero) is 1. The monoisotopic (exact) mass is 209 g/mol. The SMILES string of the molecule is C=CCC1CC2(CC1=O)CN(C(=O)O)C2. The predicted molar refractivity (Wildman–Crippen MR) is 54.6 cm³/mol. The van der Waals surface area contributed by atoms with E-state index in [1.807, 2.05) is 0 Å². The zero-order valence-corrected chi connectivity index (χ0v) is 8.61. The first-order chi connectivity index (χ1) is 7.06. The van der Waals surface area contributed by atoms with E-state index in [2.05, 4.69) is 6.58 Å². The second-order valence-corrected chi connectivity index (χ2v) is 4.71. The number of hydrogen-bond donors (Lipinski definition) is 1. The summed E-state index contributed by atoms with van der Waals surface area (Å²) in [4.78, 5) is 23.6. The molecule has 2 fully saturated rings. The summed E-state index contributed by atoms with van der Waals surface area (Å²) in [6, 6.07) is 0. The minimum atomic E-state index is -0.875. The van der Waals surface area contributed by atoms with Crippen LogP contribution in [0.5, 0.6) is 0 Å². The van der Waals surface area contributed by atoms with Crippen LogP contribution in [0, 0.1) is 11.3 Å². The van der Waals surface area contributed by atoms with Gasteiger partial charge in [0.05, 0.1) is 0 Å². The Kier molecular flexibility index (Phi) is 2.29. The van der Waals surface area contributed by atoms with Crippen molar-refractivity contribution in [3.05, 3.63) is 12.7 Å². The number of allylic oxidation sites excluding steroid dienone is 1. The zero-order valence-electron chi connectivity index (χ0n) is 8.61. The molecule has 0 aromatic rings. The van der Waals surface area contributed by atoms with Gasteiger partial charge in [0.15, 0.2) is 0 Å². The molecule has 82 valence electrons. The fourth-order valence-corrected chi connectivity index (χ4v) is 2.78. The van der Waals surface area contributed by atoms with Crippen LogP contribution in [0.2, 0.25) is 0 Å². The molecule has 2 rings (SSSR count). The Labute approximate surface area is 88.6 Å². The lowest BCUT2D eigenvalue weighted by molar-refractivity contribution is -0.121. The standard InChI is InChI=1S/C11H15NO3/c1-2-3-8-4-11(5-9(8)13)6-12(7-11)10(14)15/h2,8H,1,3-7H2,(H,14,15). The minimum Gasteiger partial charge on any atom is -0.465 e. The number of likely N-dealkylation sites (tertiary alicyclic amines) is 1. The van der Waals surface area contributed by atoms with Crippen molar-refractivity contribution < 1.29 is 14.7 Å². The van der Waals surface area contributed by atoms with Crippen molar-refractivity contribution in [3.63, 3.8) is 0 Å². The zero-order chi connectivity index (χ0) is 11.1. The van der Waals surface area contributed by atoms with Crippen molar-refractivity contribution in [1.82, 2.24) is 4.90 Å². The average Bonchev–Trinajstić information content (AvgIpc) is 2.42. The molecule has 0 aromatic heterocycles. The highest BCUT2D eigenvalue weighted by Gasteiger charge is 2.52. The number of ketones is 1. The number of hydrogen-bond acceptors (Lipinski definition) is 2. The summed E-state index contributed by atoms with van der Waals surface area (Å²) in [6.07, 6.45) is 3.01. The van der Waals surface area contributed by atoms with E-state index in [0.29, 0.717) is 19.5 Å². The van der Waals surface area contributed by atoms with Crippen LogP contribution in [0.15, 0.2) is 12.7 Å². The van der Waals surface area contributed by atoms with E-state index < -0.39 is 6.09 Å². The molecule has 1 saturated carbocycles. The molecule has 1 aliphatic carbocycles. The van der Waals surface area contributed by atoms with Gasteiger partial charge in [0.2, 0.25) is 0 Å². The fraction of sp³-hybridized carbons (Fsp3) is 0.636. The third kappa shape index (κ3) is 1.64. The molecule has 1 spiro atoms. The molecule has 1 aliphatic heterocycles. The Balaban J connectivity index is 1.96. The van der Waals surface area contributed by atoms with Crippen molar-refractivity contribution in [1.29, 1.82) is 0 Å². The summed E-state index contributed by atoms with van der Waals surface area (Å²) in [6.45, 7) is 4.70. The number of carbonyl (C=O) groups is 2. The van der Waals surface area contributed by atoms with Gasteiger partial charge in [0.1, 0.15) is 5.78 Å². The van der Waals surface area contributed by atoms with Gasteiger partial charge in [-0.05, 0) is 12.8 Å². The number of rotatable bonds is 2. The van der Waals surface area contributed by atoms with Gasteiger partial charge >= 0.3 is 6.09 Å². The summed E-state index contributed by atoms with van der Waals surface area (Å²) < 4.78 is 0. The molecule has 0 radical (unpaired) electrons. The van der Waals surface area contributed by atoms with Gasteiger partial charge in [-0.15, -0.1) is 6.58 Å². The van der Waals surface area contributed by atoms with Gasteiger partial charge in [-0.2, -0.15) is 0 Å². The molecule has 1 heterocycles.